The summed E-state index contributed by atoms with van der Waals surface area (Å²) in [5, 5.41) is 0. The number of alkyl halides is 1. The van der Waals surface area contributed by atoms with Crippen molar-refractivity contribution in [1.82, 2.24) is 0 Å². The van der Waals surface area contributed by atoms with Gasteiger partial charge < -0.3 is 5.73 Å². The molecule has 0 heterocycles. The van der Waals surface area contributed by atoms with Crippen LogP contribution in [0.3, 0.4) is 0 Å². The van der Waals surface area contributed by atoms with Crippen LogP contribution in [0.5, 0.6) is 0 Å². The van der Waals surface area contributed by atoms with Gasteiger partial charge in [0.2, 0.25) is 0 Å². The number of hydrogen-bond donors (Lipinski definition) is 1. The van der Waals surface area contributed by atoms with E-state index in [2.05, 4.69) is 0 Å². The van der Waals surface area contributed by atoms with Gasteiger partial charge in [0.15, 0.2) is 0 Å². The molecule has 0 aromatic heterocycles. The second-order valence-corrected chi connectivity index (χ2v) is 4.91. The minimum atomic E-state index is -0.168. The molecule has 0 aliphatic heterocycles. The van der Waals surface area contributed by atoms with Crippen molar-refractivity contribution in [2.75, 3.05) is 0 Å². The van der Waals surface area contributed by atoms with Crippen LogP contribution in [0.25, 0.3) is 0 Å². The van der Waals surface area contributed by atoms with E-state index in [1.807, 2.05) is 27.7 Å². The number of halogens is 1. The van der Waals surface area contributed by atoms with Gasteiger partial charge in [0.25, 0.3) is 0 Å². The molecule has 2 heteroatoms. The molecule has 0 radical (unpaired) electrons. The van der Waals surface area contributed by atoms with E-state index in [9.17, 15) is 0 Å². The van der Waals surface area contributed by atoms with Crippen molar-refractivity contribution < 1.29 is 0 Å². The van der Waals surface area contributed by atoms with Crippen LogP contribution in [0.15, 0.2) is 0 Å². The first kappa shape index (κ1) is 9.25. The normalized spacial score (nSPS) is 14.0. The van der Waals surface area contributed by atoms with Gasteiger partial charge in [-0.25, -0.2) is 0 Å². The molecule has 0 aliphatic carbocycles. The van der Waals surface area contributed by atoms with Gasteiger partial charge in [-0.15, -0.1) is 11.6 Å². The highest BCUT2D eigenvalue weighted by molar-refractivity contribution is 6.23. The summed E-state index contributed by atoms with van der Waals surface area (Å²) in [6.07, 6.45) is 0.835. The van der Waals surface area contributed by atoms with Crippen LogP contribution in [0.1, 0.15) is 34.1 Å². The van der Waals surface area contributed by atoms with Gasteiger partial charge in [0, 0.05) is 10.4 Å². The Morgan fingerprint density at radius 3 is 1.56 bits per heavy atom. The van der Waals surface area contributed by atoms with E-state index in [1.54, 1.807) is 0 Å². The second-order valence-electron chi connectivity index (χ2n) is 3.88. The summed E-state index contributed by atoms with van der Waals surface area (Å²) in [5.74, 6) is 0. The Bertz CT molecular complexity index is 74.1. The standard InChI is InChI=1S/C7H16ClN/c1-6(2,8)5-7(3,4)9/h5,9H2,1-4H3. The fourth-order valence-electron chi connectivity index (χ4n) is 1.08. The molecular weight excluding hydrogens is 134 g/mol. The number of hydrogen-bond acceptors (Lipinski definition) is 1. The molecule has 56 valence electrons. The van der Waals surface area contributed by atoms with Crippen molar-refractivity contribution >= 4 is 11.6 Å². The highest BCUT2D eigenvalue weighted by atomic mass is 35.5. The Balaban J connectivity index is 3.75. The van der Waals surface area contributed by atoms with E-state index < -0.39 is 0 Å². The lowest BCUT2D eigenvalue weighted by molar-refractivity contribution is 0.419. The zero-order chi connectivity index (χ0) is 7.71. The molecule has 0 aromatic rings. The lowest BCUT2D eigenvalue weighted by Crippen LogP contribution is -2.37. The topological polar surface area (TPSA) is 26.0 Å². The predicted molar refractivity (Wildman–Crippen MR) is 42.8 cm³/mol. The van der Waals surface area contributed by atoms with Crippen molar-refractivity contribution in [2.45, 2.75) is 44.5 Å². The van der Waals surface area contributed by atoms with E-state index in [0.29, 0.717) is 0 Å². The highest BCUT2D eigenvalue weighted by Crippen LogP contribution is 2.23. The Hall–Kier alpha value is 0.250. The maximum absolute atomic E-state index is 5.94. The lowest BCUT2D eigenvalue weighted by atomic mass is 9.93. The van der Waals surface area contributed by atoms with Crippen LogP contribution in [0.2, 0.25) is 0 Å². The van der Waals surface area contributed by atoms with E-state index in [1.165, 1.54) is 0 Å². The summed E-state index contributed by atoms with van der Waals surface area (Å²) in [4.78, 5) is -0.168. The molecular formula is C7H16ClN. The van der Waals surface area contributed by atoms with Gasteiger partial charge in [-0.1, -0.05) is 0 Å². The van der Waals surface area contributed by atoms with E-state index >= 15 is 0 Å². The summed E-state index contributed by atoms with van der Waals surface area (Å²) >= 11 is 5.94. The van der Waals surface area contributed by atoms with Crippen molar-refractivity contribution in [1.29, 1.82) is 0 Å². The lowest BCUT2D eigenvalue weighted by Gasteiger charge is -2.26. The van der Waals surface area contributed by atoms with Crippen LogP contribution in [0, 0.1) is 0 Å². The van der Waals surface area contributed by atoms with Crippen molar-refractivity contribution in [3.8, 4) is 0 Å². The van der Waals surface area contributed by atoms with Gasteiger partial charge in [-0.05, 0) is 34.1 Å². The maximum Gasteiger partial charge on any atom is 0.0407 e. The zero-order valence-corrected chi connectivity index (χ0v) is 7.42. The van der Waals surface area contributed by atoms with Gasteiger partial charge in [-0.2, -0.15) is 0 Å². The molecule has 0 amide bonds. The third-order valence-electron chi connectivity index (χ3n) is 0.876. The molecule has 2 N–H and O–H groups in total. The maximum atomic E-state index is 5.94. The second kappa shape index (κ2) is 2.47. The first-order chi connectivity index (χ1) is 3.71. The molecule has 0 aliphatic rings. The van der Waals surface area contributed by atoms with E-state index in [0.717, 1.165) is 6.42 Å². The average molecular weight is 150 g/mol. The molecule has 0 spiro atoms. The van der Waals surface area contributed by atoms with E-state index in [-0.39, 0.29) is 10.4 Å². The molecule has 1 nitrogen and oxygen atoms in total. The van der Waals surface area contributed by atoms with Crippen LogP contribution in [0.4, 0.5) is 0 Å². The predicted octanol–water partition coefficient (Wildman–Crippen LogP) is 2.13. The molecule has 0 saturated carbocycles. The Kier molecular flexibility index (Phi) is 2.54. The third kappa shape index (κ3) is 8.25. The summed E-state index contributed by atoms with van der Waals surface area (Å²) < 4.78 is 0. The molecule has 0 unspecified atom stereocenters. The fraction of sp³-hybridized carbons (Fsp3) is 1.00. The highest BCUT2D eigenvalue weighted by Gasteiger charge is 2.22. The van der Waals surface area contributed by atoms with Crippen molar-refractivity contribution in [2.24, 2.45) is 5.73 Å². The SMILES string of the molecule is CC(C)(N)CC(C)(C)Cl. The molecule has 0 bridgehead atoms. The number of rotatable bonds is 2. The summed E-state index contributed by atoms with van der Waals surface area (Å²) in [5.41, 5.74) is 5.59. The van der Waals surface area contributed by atoms with Gasteiger partial charge in [-0.3, -0.25) is 0 Å². The Labute approximate surface area is 62.6 Å². The van der Waals surface area contributed by atoms with Crippen LogP contribution in [-0.2, 0) is 0 Å². The molecule has 9 heavy (non-hydrogen) atoms. The quantitative estimate of drug-likeness (QED) is 0.599. The van der Waals surface area contributed by atoms with Crippen LogP contribution in [-0.4, -0.2) is 10.4 Å². The van der Waals surface area contributed by atoms with Gasteiger partial charge in [0.1, 0.15) is 0 Å². The zero-order valence-electron chi connectivity index (χ0n) is 6.66. The smallest absolute Gasteiger partial charge is 0.0407 e. The third-order valence-corrected chi connectivity index (χ3v) is 1.01. The number of nitrogens with two attached hydrogens (primary N) is 1. The van der Waals surface area contributed by atoms with Crippen molar-refractivity contribution in [3.05, 3.63) is 0 Å². The minimum absolute atomic E-state index is 0.148. The first-order valence-electron chi connectivity index (χ1n) is 3.18. The molecule has 0 atom stereocenters. The van der Waals surface area contributed by atoms with Crippen LogP contribution < -0.4 is 5.73 Å². The molecule has 0 rings (SSSR count). The van der Waals surface area contributed by atoms with E-state index in [4.69, 9.17) is 17.3 Å². The first-order valence-corrected chi connectivity index (χ1v) is 3.56. The van der Waals surface area contributed by atoms with Gasteiger partial charge >= 0.3 is 0 Å². The van der Waals surface area contributed by atoms with Crippen LogP contribution >= 0.6 is 11.6 Å². The van der Waals surface area contributed by atoms with Gasteiger partial charge in [0.05, 0.1) is 0 Å². The summed E-state index contributed by atoms with van der Waals surface area (Å²) in [6.45, 7) is 7.92. The molecule has 0 fully saturated rings. The molecule has 0 aromatic carbocycles. The van der Waals surface area contributed by atoms with Crippen molar-refractivity contribution in [3.63, 3.8) is 0 Å². The Morgan fingerprint density at radius 2 is 1.56 bits per heavy atom. The molecule has 0 saturated heterocycles. The minimum Gasteiger partial charge on any atom is -0.325 e. The monoisotopic (exact) mass is 149 g/mol. The largest absolute Gasteiger partial charge is 0.325 e. The summed E-state index contributed by atoms with van der Waals surface area (Å²) in [6, 6.07) is 0. The fourth-order valence-corrected chi connectivity index (χ4v) is 1.43. The Morgan fingerprint density at radius 1 is 1.22 bits per heavy atom. The summed E-state index contributed by atoms with van der Waals surface area (Å²) in [7, 11) is 0. The average Bonchev–Trinajstić information content (AvgIpc) is 1.14.